The van der Waals surface area contributed by atoms with Gasteiger partial charge in [0.25, 0.3) is 5.91 Å². The van der Waals surface area contributed by atoms with Crippen molar-refractivity contribution < 1.29 is 9.90 Å². The third-order valence-corrected chi connectivity index (χ3v) is 3.79. The number of aliphatic hydroxyl groups is 1. The van der Waals surface area contributed by atoms with Gasteiger partial charge in [0.15, 0.2) is 0 Å². The van der Waals surface area contributed by atoms with Gasteiger partial charge < -0.3 is 10.4 Å². The maximum Gasteiger partial charge on any atom is 0.262 e. The predicted octanol–water partition coefficient (Wildman–Crippen LogP) is 2.26. The van der Waals surface area contributed by atoms with Crippen molar-refractivity contribution in [2.24, 2.45) is 5.92 Å². The number of carbonyl (C=O) groups excluding carboxylic acids is 1. The number of hydrogen-bond acceptors (Lipinski definition) is 3. The molecule has 0 aliphatic rings. The topological polar surface area (TPSA) is 49.3 Å². The van der Waals surface area contributed by atoms with Gasteiger partial charge in [0.2, 0.25) is 0 Å². The number of nitrogens with one attached hydrogen (secondary N) is 1. The molecular formula is C14H19NO2S. The van der Waals surface area contributed by atoms with Gasteiger partial charge in [-0.25, -0.2) is 0 Å². The first-order valence-corrected chi connectivity index (χ1v) is 7.06. The number of thiophene rings is 1. The van der Waals surface area contributed by atoms with Crippen LogP contribution in [-0.2, 0) is 0 Å². The third-order valence-electron chi connectivity index (χ3n) is 2.88. The Morgan fingerprint density at radius 3 is 2.83 bits per heavy atom. The van der Waals surface area contributed by atoms with Crippen LogP contribution in [0.2, 0.25) is 0 Å². The fraction of sp³-hybridized carbons (Fsp3) is 0.500. The molecular weight excluding hydrogens is 246 g/mol. The molecule has 2 N–H and O–H groups in total. The fourth-order valence-corrected chi connectivity index (χ4v) is 2.38. The molecule has 3 nitrogen and oxygen atoms in total. The molecule has 0 radical (unpaired) electrons. The van der Waals surface area contributed by atoms with Crippen LogP contribution in [0.3, 0.4) is 0 Å². The summed E-state index contributed by atoms with van der Waals surface area (Å²) in [5, 5.41) is 13.4. The normalized spacial score (nSPS) is 10.0. The van der Waals surface area contributed by atoms with Crippen LogP contribution >= 0.6 is 11.3 Å². The van der Waals surface area contributed by atoms with Crippen LogP contribution in [0.4, 0.5) is 0 Å². The molecule has 0 aromatic carbocycles. The molecule has 1 amide bonds. The first-order valence-electron chi connectivity index (χ1n) is 6.18. The van der Waals surface area contributed by atoms with Gasteiger partial charge in [-0.1, -0.05) is 38.5 Å². The summed E-state index contributed by atoms with van der Waals surface area (Å²) in [4.78, 5) is 12.6. The van der Waals surface area contributed by atoms with E-state index in [1.54, 1.807) is 6.07 Å². The lowest BCUT2D eigenvalue weighted by Gasteiger charge is -2.12. The number of rotatable bonds is 5. The largest absolute Gasteiger partial charge is 0.384 e. The highest BCUT2D eigenvalue weighted by molar-refractivity contribution is 7.12. The van der Waals surface area contributed by atoms with Gasteiger partial charge >= 0.3 is 0 Å². The molecule has 1 aromatic heterocycles. The number of carbonyl (C=O) groups is 1. The Labute approximate surface area is 112 Å². The predicted molar refractivity (Wildman–Crippen MR) is 74.7 cm³/mol. The van der Waals surface area contributed by atoms with Crippen LogP contribution in [0.1, 0.15) is 41.9 Å². The molecule has 0 aliphatic carbocycles. The second kappa shape index (κ2) is 7.91. The van der Waals surface area contributed by atoms with Crippen molar-refractivity contribution in [3.63, 3.8) is 0 Å². The SMILES string of the molecule is CCC(CC)CNC(=O)c1sccc1C#CCO. The van der Waals surface area contributed by atoms with Crippen LogP contribution in [0.25, 0.3) is 0 Å². The van der Waals surface area contributed by atoms with Crippen molar-refractivity contribution >= 4 is 17.2 Å². The minimum absolute atomic E-state index is 0.0702. The van der Waals surface area contributed by atoms with Gasteiger partial charge in [0.1, 0.15) is 11.5 Å². The summed E-state index contributed by atoms with van der Waals surface area (Å²) < 4.78 is 0. The highest BCUT2D eigenvalue weighted by atomic mass is 32.1. The molecule has 98 valence electrons. The molecule has 0 aliphatic heterocycles. The molecule has 0 fully saturated rings. The third kappa shape index (κ3) is 4.17. The molecule has 0 saturated carbocycles. The molecule has 0 unspecified atom stereocenters. The Morgan fingerprint density at radius 2 is 2.22 bits per heavy atom. The summed E-state index contributed by atoms with van der Waals surface area (Å²) in [6, 6.07) is 1.80. The van der Waals surface area contributed by atoms with Gasteiger partial charge in [0, 0.05) is 12.1 Å². The average molecular weight is 265 g/mol. The second-order valence-corrected chi connectivity index (χ2v) is 4.93. The van der Waals surface area contributed by atoms with E-state index < -0.39 is 0 Å². The molecule has 1 aromatic rings. The Balaban J connectivity index is 2.64. The first-order chi connectivity index (χ1) is 8.72. The van der Waals surface area contributed by atoms with E-state index in [9.17, 15) is 4.79 Å². The first kappa shape index (κ1) is 14.7. The summed E-state index contributed by atoms with van der Waals surface area (Å²) in [6.07, 6.45) is 2.14. The van der Waals surface area contributed by atoms with Crippen LogP contribution in [0, 0.1) is 17.8 Å². The Bertz CT molecular complexity index is 438. The molecule has 0 spiro atoms. The maximum absolute atomic E-state index is 12.0. The molecule has 18 heavy (non-hydrogen) atoms. The monoisotopic (exact) mass is 265 g/mol. The number of amides is 1. The molecule has 0 bridgehead atoms. The van der Waals surface area contributed by atoms with E-state index in [1.165, 1.54) is 11.3 Å². The van der Waals surface area contributed by atoms with Crippen LogP contribution in [0.15, 0.2) is 11.4 Å². The molecule has 1 rings (SSSR count). The van der Waals surface area contributed by atoms with Crippen molar-refractivity contribution in [2.45, 2.75) is 26.7 Å². The van der Waals surface area contributed by atoms with Gasteiger partial charge in [-0.15, -0.1) is 11.3 Å². The summed E-state index contributed by atoms with van der Waals surface area (Å²) in [7, 11) is 0. The lowest BCUT2D eigenvalue weighted by molar-refractivity contribution is 0.0950. The summed E-state index contributed by atoms with van der Waals surface area (Å²) in [6.45, 7) is 4.77. The van der Waals surface area contributed by atoms with E-state index >= 15 is 0 Å². The lowest BCUT2D eigenvalue weighted by Crippen LogP contribution is -2.28. The van der Waals surface area contributed by atoms with Crippen molar-refractivity contribution in [1.29, 1.82) is 0 Å². The molecule has 1 heterocycles. The Morgan fingerprint density at radius 1 is 1.50 bits per heavy atom. The molecule has 0 atom stereocenters. The minimum Gasteiger partial charge on any atom is -0.384 e. The molecule has 4 heteroatoms. The van der Waals surface area contributed by atoms with Crippen molar-refractivity contribution in [3.05, 3.63) is 21.9 Å². The lowest BCUT2D eigenvalue weighted by atomic mass is 10.0. The van der Waals surface area contributed by atoms with Crippen LogP contribution in [-0.4, -0.2) is 24.2 Å². The van der Waals surface area contributed by atoms with Gasteiger partial charge in [-0.3, -0.25) is 4.79 Å². The van der Waals surface area contributed by atoms with Gasteiger partial charge in [0.05, 0.1) is 0 Å². The molecule has 0 saturated heterocycles. The summed E-state index contributed by atoms with van der Waals surface area (Å²) in [5.41, 5.74) is 0.691. The summed E-state index contributed by atoms with van der Waals surface area (Å²) in [5.74, 6) is 5.81. The van der Waals surface area contributed by atoms with E-state index in [1.807, 2.05) is 5.38 Å². The van der Waals surface area contributed by atoms with E-state index in [4.69, 9.17) is 5.11 Å². The highest BCUT2D eigenvalue weighted by Crippen LogP contribution is 2.16. The van der Waals surface area contributed by atoms with E-state index in [2.05, 4.69) is 31.0 Å². The quantitative estimate of drug-likeness (QED) is 0.802. The van der Waals surface area contributed by atoms with Crippen molar-refractivity contribution in [3.8, 4) is 11.8 Å². The summed E-state index contributed by atoms with van der Waals surface area (Å²) >= 11 is 1.38. The van der Waals surface area contributed by atoms with E-state index in [0.717, 1.165) is 12.8 Å². The maximum atomic E-state index is 12.0. The zero-order valence-electron chi connectivity index (χ0n) is 10.8. The average Bonchev–Trinajstić information content (AvgIpc) is 2.85. The number of hydrogen-bond donors (Lipinski definition) is 2. The Kier molecular flexibility index (Phi) is 6.48. The zero-order valence-corrected chi connectivity index (χ0v) is 11.6. The smallest absolute Gasteiger partial charge is 0.262 e. The van der Waals surface area contributed by atoms with E-state index in [0.29, 0.717) is 22.9 Å². The Hall–Kier alpha value is -1.31. The minimum atomic E-state index is -0.190. The fourth-order valence-electron chi connectivity index (χ4n) is 1.61. The van der Waals surface area contributed by atoms with Gasteiger partial charge in [-0.2, -0.15) is 0 Å². The van der Waals surface area contributed by atoms with Gasteiger partial charge in [-0.05, 0) is 17.4 Å². The van der Waals surface area contributed by atoms with Crippen molar-refractivity contribution in [1.82, 2.24) is 5.32 Å². The second-order valence-electron chi connectivity index (χ2n) is 4.02. The number of aliphatic hydroxyl groups excluding tert-OH is 1. The van der Waals surface area contributed by atoms with Crippen LogP contribution in [0.5, 0.6) is 0 Å². The standard InChI is InChI=1S/C14H19NO2S/c1-3-11(4-2)10-15-14(17)13-12(6-5-8-16)7-9-18-13/h7,9,11,16H,3-4,8,10H2,1-2H3,(H,15,17). The highest BCUT2D eigenvalue weighted by Gasteiger charge is 2.13. The van der Waals surface area contributed by atoms with E-state index in [-0.39, 0.29) is 12.5 Å². The van der Waals surface area contributed by atoms with Crippen molar-refractivity contribution in [2.75, 3.05) is 13.2 Å². The zero-order chi connectivity index (χ0) is 13.4. The van der Waals surface area contributed by atoms with Crippen LogP contribution < -0.4 is 5.32 Å².